The predicted octanol–water partition coefficient (Wildman–Crippen LogP) is 13.7. The van der Waals surface area contributed by atoms with Gasteiger partial charge in [0.2, 0.25) is 0 Å². The molecule has 262 valence electrons. The highest BCUT2D eigenvalue weighted by atomic mass is 32.1. The largest absolute Gasteiger partial charge is 0.309 e. The number of fused-ring (bicyclic) bond motifs is 6. The highest BCUT2D eigenvalue weighted by molar-refractivity contribution is 7.26. The number of hydrogen-bond acceptors (Lipinski definition) is 4. The summed E-state index contributed by atoms with van der Waals surface area (Å²) in [5, 5.41) is 5.02. The molecule has 11 aromatic rings. The van der Waals surface area contributed by atoms with Crippen LogP contribution < -0.4 is 0 Å². The van der Waals surface area contributed by atoms with Crippen LogP contribution in [0.15, 0.2) is 194 Å². The van der Waals surface area contributed by atoms with Crippen molar-refractivity contribution in [2.45, 2.75) is 0 Å². The lowest BCUT2D eigenvalue weighted by Gasteiger charge is -2.16. The molecule has 11 rings (SSSR count). The first kappa shape index (κ1) is 32.2. The van der Waals surface area contributed by atoms with Gasteiger partial charge in [-0.05, 0) is 52.6 Å². The van der Waals surface area contributed by atoms with Crippen LogP contribution in [0.25, 0.3) is 104 Å². The van der Waals surface area contributed by atoms with E-state index in [0.29, 0.717) is 17.5 Å². The molecular weight excluding hydrogens is 701 g/mol. The molecule has 0 saturated carbocycles. The highest BCUT2D eigenvalue weighted by Gasteiger charge is 2.20. The summed E-state index contributed by atoms with van der Waals surface area (Å²) < 4.78 is 5.01. The zero-order chi connectivity index (χ0) is 37.0. The summed E-state index contributed by atoms with van der Waals surface area (Å²) in [6.45, 7) is 0. The Morgan fingerprint density at radius 3 is 1.66 bits per heavy atom. The molecule has 0 aliphatic carbocycles. The van der Waals surface area contributed by atoms with Gasteiger partial charge in [-0.15, -0.1) is 11.3 Å². The Balaban J connectivity index is 1.17. The summed E-state index contributed by atoms with van der Waals surface area (Å²) in [7, 11) is 0. The second-order valence-electron chi connectivity index (χ2n) is 14.0. The number of benzene rings is 8. The Labute approximate surface area is 327 Å². The topological polar surface area (TPSA) is 43.6 Å². The molecule has 3 aromatic heterocycles. The number of thiophene rings is 1. The van der Waals surface area contributed by atoms with Gasteiger partial charge in [0.15, 0.2) is 17.5 Å². The normalized spacial score (nSPS) is 11.6. The summed E-state index contributed by atoms with van der Waals surface area (Å²) >= 11 is 1.87. The van der Waals surface area contributed by atoms with Crippen molar-refractivity contribution in [2.75, 3.05) is 0 Å². The number of nitrogens with zero attached hydrogens (tertiary/aromatic N) is 4. The van der Waals surface area contributed by atoms with Crippen molar-refractivity contribution in [3.63, 3.8) is 0 Å². The van der Waals surface area contributed by atoms with E-state index < -0.39 is 0 Å². The maximum Gasteiger partial charge on any atom is 0.164 e. The smallest absolute Gasteiger partial charge is 0.164 e. The molecule has 0 bridgehead atoms. The predicted molar refractivity (Wildman–Crippen MR) is 234 cm³/mol. The second-order valence-corrected chi connectivity index (χ2v) is 15.1. The Morgan fingerprint density at radius 2 is 0.929 bits per heavy atom. The van der Waals surface area contributed by atoms with Crippen molar-refractivity contribution < 1.29 is 0 Å². The fraction of sp³-hybridized carbons (Fsp3) is 0. The molecule has 0 saturated heterocycles. The summed E-state index contributed by atoms with van der Waals surface area (Å²) in [6, 6.07) is 68.6. The minimum atomic E-state index is 0.622. The van der Waals surface area contributed by atoms with Crippen LogP contribution >= 0.6 is 11.3 Å². The van der Waals surface area contributed by atoms with Crippen LogP contribution in [0.5, 0.6) is 0 Å². The van der Waals surface area contributed by atoms with Gasteiger partial charge in [-0.1, -0.05) is 164 Å². The summed E-state index contributed by atoms with van der Waals surface area (Å²) in [5.74, 6) is 1.89. The quantitative estimate of drug-likeness (QED) is 0.171. The minimum Gasteiger partial charge on any atom is -0.309 e. The monoisotopic (exact) mass is 732 g/mol. The molecule has 0 N–H and O–H groups in total. The van der Waals surface area contributed by atoms with Gasteiger partial charge in [0, 0.05) is 53.3 Å². The lowest BCUT2D eigenvalue weighted by Crippen LogP contribution is -2.02. The summed E-state index contributed by atoms with van der Waals surface area (Å²) in [4.78, 5) is 15.4. The number of hydrogen-bond donors (Lipinski definition) is 0. The summed E-state index contributed by atoms with van der Waals surface area (Å²) in [6.07, 6.45) is 0. The van der Waals surface area contributed by atoms with Gasteiger partial charge in [-0.3, -0.25) is 0 Å². The fourth-order valence-electron chi connectivity index (χ4n) is 8.05. The van der Waals surface area contributed by atoms with E-state index >= 15 is 0 Å². The van der Waals surface area contributed by atoms with Crippen molar-refractivity contribution >= 4 is 53.3 Å². The molecule has 8 aromatic carbocycles. The van der Waals surface area contributed by atoms with E-state index in [1.54, 1.807) is 0 Å². The zero-order valence-corrected chi connectivity index (χ0v) is 31.0. The summed E-state index contributed by atoms with van der Waals surface area (Å²) in [5.41, 5.74) is 10.7. The van der Waals surface area contributed by atoms with Gasteiger partial charge < -0.3 is 4.57 Å². The molecule has 0 spiro atoms. The van der Waals surface area contributed by atoms with E-state index in [1.165, 1.54) is 42.1 Å². The van der Waals surface area contributed by atoms with E-state index in [1.807, 2.05) is 47.7 Å². The Kier molecular flexibility index (Phi) is 7.64. The number of para-hydroxylation sites is 1. The molecule has 4 nitrogen and oxygen atoms in total. The molecule has 0 amide bonds. The number of aromatic nitrogens is 4. The van der Waals surface area contributed by atoms with Crippen LogP contribution in [0.4, 0.5) is 0 Å². The maximum atomic E-state index is 5.20. The van der Waals surface area contributed by atoms with Crippen LogP contribution in [0, 0.1) is 0 Å². The van der Waals surface area contributed by atoms with Gasteiger partial charge in [0.05, 0.1) is 11.0 Å². The Bertz CT molecular complexity index is 3180. The van der Waals surface area contributed by atoms with E-state index in [2.05, 4.69) is 162 Å². The van der Waals surface area contributed by atoms with Crippen LogP contribution in [-0.2, 0) is 0 Å². The molecule has 0 radical (unpaired) electrons. The molecule has 0 aliphatic rings. The van der Waals surface area contributed by atoms with Gasteiger partial charge in [0.25, 0.3) is 0 Å². The van der Waals surface area contributed by atoms with Gasteiger partial charge in [0.1, 0.15) is 0 Å². The fourth-order valence-corrected chi connectivity index (χ4v) is 9.28. The third-order valence-corrected chi connectivity index (χ3v) is 11.9. The van der Waals surface area contributed by atoms with Gasteiger partial charge >= 0.3 is 0 Å². The lowest BCUT2D eigenvalue weighted by atomic mass is 9.98. The standard InChI is InChI=1S/C51H32N4S/c1-4-15-33(16-5-1)38-30-28-37(32-44(38)51-53-49(34-17-6-2-7-18-34)52-50(54-51)35-19-8-3-9-20-35)55-45-25-12-10-21-40(45)41-29-27-36(31-46(41)55)39-23-14-24-43-42-22-11-13-26-47(42)56-48(39)43/h1-32H. The maximum absolute atomic E-state index is 5.20. The van der Waals surface area contributed by atoms with Crippen LogP contribution in [-0.4, -0.2) is 19.5 Å². The van der Waals surface area contributed by atoms with E-state index in [-0.39, 0.29) is 0 Å². The molecule has 0 unspecified atom stereocenters. The van der Waals surface area contributed by atoms with E-state index in [4.69, 9.17) is 15.0 Å². The van der Waals surface area contributed by atoms with Crippen molar-refractivity contribution in [2.24, 2.45) is 0 Å². The first-order chi connectivity index (χ1) is 27.8. The first-order valence-electron chi connectivity index (χ1n) is 18.8. The molecule has 3 heterocycles. The molecule has 0 atom stereocenters. The average Bonchev–Trinajstić information content (AvgIpc) is 3.83. The molecule has 5 heteroatoms. The van der Waals surface area contributed by atoms with Crippen molar-refractivity contribution in [3.05, 3.63) is 194 Å². The molecule has 56 heavy (non-hydrogen) atoms. The minimum absolute atomic E-state index is 0.622. The molecule has 0 fully saturated rings. The van der Waals surface area contributed by atoms with Crippen molar-refractivity contribution in [1.29, 1.82) is 0 Å². The average molecular weight is 733 g/mol. The van der Waals surface area contributed by atoms with Crippen LogP contribution in [0.1, 0.15) is 0 Å². The highest BCUT2D eigenvalue weighted by Crippen LogP contribution is 2.42. The zero-order valence-electron chi connectivity index (χ0n) is 30.2. The third kappa shape index (κ3) is 5.40. The SMILES string of the molecule is c1ccc(-c2nc(-c3ccccc3)nc(-c3cc(-n4c5ccccc5c5ccc(-c6cccc7c6sc6ccccc67)cc54)ccc3-c3ccccc3)n2)cc1. The van der Waals surface area contributed by atoms with E-state index in [9.17, 15) is 0 Å². The van der Waals surface area contributed by atoms with Crippen molar-refractivity contribution in [3.8, 4) is 62.1 Å². The van der Waals surface area contributed by atoms with Gasteiger partial charge in [-0.25, -0.2) is 15.0 Å². The second kappa shape index (κ2) is 13.3. The Hall–Kier alpha value is -7.21. The molecule has 0 aliphatic heterocycles. The first-order valence-corrected chi connectivity index (χ1v) is 19.6. The van der Waals surface area contributed by atoms with Crippen LogP contribution in [0.3, 0.4) is 0 Å². The third-order valence-electron chi connectivity index (χ3n) is 10.7. The molecular formula is C51H32N4S. The van der Waals surface area contributed by atoms with Crippen LogP contribution in [0.2, 0.25) is 0 Å². The Morgan fingerprint density at radius 1 is 0.339 bits per heavy atom. The van der Waals surface area contributed by atoms with E-state index in [0.717, 1.165) is 44.5 Å². The van der Waals surface area contributed by atoms with Gasteiger partial charge in [-0.2, -0.15) is 0 Å². The number of rotatable bonds is 6. The van der Waals surface area contributed by atoms with Crippen molar-refractivity contribution in [1.82, 2.24) is 19.5 Å². The lowest BCUT2D eigenvalue weighted by molar-refractivity contribution is 1.07.